The number of hydrogen-bond acceptors (Lipinski definition) is 3. The van der Waals surface area contributed by atoms with Crippen molar-refractivity contribution >= 4 is 11.4 Å². The summed E-state index contributed by atoms with van der Waals surface area (Å²) in [5.41, 5.74) is 8.21. The van der Waals surface area contributed by atoms with Gasteiger partial charge < -0.3 is 5.11 Å². The first-order valence-electron chi connectivity index (χ1n) is 10.4. The molecule has 2 aliphatic carbocycles. The fraction of sp³-hybridized carbons (Fsp3) is 0.500. The van der Waals surface area contributed by atoms with Gasteiger partial charge in [0.15, 0.2) is 0 Å². The summed E-state index contributed by atoms with van der Waals surface area (Å²) >= 11 is 0. The van der Waals surface area contributed by atoms with Crippen molar-refractivity contribution in [1.29, 1.82) is 0 Å². The van der Waals surface area contributed by atoms with Gasteiger partial charge in [0.2, 0.25) is 0 Å². The van der Waals surface area contributed by atoms with Crippen molar-refractivity contribution in [2.75, 3.05) is 0 Å². The first-order chi connectivity index (χ1) is 12.9. The minimum atomic E-state index is -0.124. The smallest absolute Gasteiger partial charge is 0.146 e. The minimum absolute atomic E-state index is 0.124. The van der Waals surface area contributed by atoms with Gasteiger partial charge in [-0.2, -0.15) is 0 Å². The molecule has 4 rings (SSSR count). The summed E-state index contributed by atoms with van der Waals surface area (Å²) in [5, 5.41) is 20.0. The van der Waals surface area contributed by atoms with Gasteiger partial charge in [-0.05, 0) is 85.1 Å². The number of benzene rings is 2. The van der Waals surface area contributed by atoms with E-state index < -0.39 is 0 Å². The van der Waals surface area contributed by atoms with Gasteiger partial charge in [0, 0.05) is 5.56 Å². The van der Waals surface area contributed by atoms with Crippen LogP contribution < -0.4 is 0 Å². The molecular weight excluding hydrogens is 332 g/mol. The zero-order chi connectivity index (χ0) is 19.0. The van der Waals surface area contributed by atoms with E-state index in [0.717, 1.165) is 36.9 Å². The van der Waals surface area contributed by atoms with E-state index in [1.54, 1.807) is 0 Å². The molecule has 0 spiro atoms. The van der Waals surface area contributed by atoms with E-state index in [1.165, 1.54) is 47.9 Å². The van der Waals surface area contributed by atoms with Crippen LogP contribution in [-0.2, 0) is 31.1 Å². The number of fused-ring (bicyclic) bond motifs is 2. The van der Waals surface area contributed by atoms with E-state index >= 15 is 0 Å². The monoisotopic (exact) mass is 362 g/mol. The second kappa shape index (κ2) is 7.10. The van der Waals surface area contributed by atoms with E-state index in [4.69, 9.17) is 5.11 Å². The average molecular weight is 363 g/mol. The van der Waals surface area contributed by atoms with Crippen LogP contribution in [0.15, 0.2) is 34.5 Å². The highest BCUT2D eigenvalue weighted by Gasteiger charge is 2.23. The lowest BCUT2D eigenvalue weighted by molar-refractivity contribution is 0.448. The highest BCUT2D eigenvalue weighted by atomic mass is 16.3. The van der Waals surface area contributed by atoms with Crippen molar-refractivity contribution in [3.05, 3.63) is 52.1 Å². The van der Waals surface area contributed by atoms with Crippen LogP contribution >= 0.6 is 0 Å². The molecule has 2 aliphatic rings. The Balaban J connectivity index is 1.79. The van der Waals surface area contributed by atoms with Crippen LogP contribution in [0.25, 0.3) is 0 Å². The summed E-state index contributed by atoms with van der Waals surface area (Å²) in [7, 11) is 0. The molecule has 0 aliphatic heterocycles. The Hall–Kier alpha value is -2.16. The first-order valence-corrected chi connectivity index (χ1v) is 10.4. The number of phenolic OH excluding ortho intramolecular Hbond substituents is 1. The summed E-state index contributed by atoms with van der Waals surface area (Å²) in [6, 6.07) is 8.24. The molecule has 0 unspecified atom stereocenters. The van der Waals surface area contributed by atoms with Crippen molar-refractivity contribution in [3.63, 3.8) is 0 Å². The van der Waals surface area contributed by atoms with Crippen molar-refractivity contribution in [2.24, 2.45) is 10.2 Å². The van der Waals surface area contributed by atoms with E-state index in [1.807, 2.05) is 18.2 Å². The molecule has 1 N–H and O–H groups in total. The fourth-order valence-corrected chi connectivity index (χ4v) is 4.55. The fourth-order valence-electron chi connectivity index (χ4n) is 4.55. The number of hydrogen-bond donors (Lipinski definition) is 1. The van der Waals surface area contributed by atoms with Gasteiger partial charge >= 0.3 is 0 Å². The third-order valence-electron chi connectivity index (χ3n) is 6.02. The number of aromatic hydroxyl groups is 1. The molecule has 2 aromatic carbocycles. The number of para-hydroxylation sites is 1. The molecule has 2 aromatic rings. The van der Waals surface area contributed by atoms with E-state index in [2.05, 4.69) is 32.0 Å². The van der Waals surface area contributed by atoms with Crippen molar-refractivity contribution < 1.29 is 5.11 Å². The Kier molecular flexibility index (Phi) is 4.79. The highest BCUT2D eigenvalue weighted by Crippen LogP contribution is 2.42. The molecule has 0 aromatic heterocycles. The van der Waals surface area contributed by atoms with Gasteiger partial charge in [-0.1, -0.05) is 39.0 Å². The van der Waals surface area contributed by atoms with Crippen molar-refractivity contribution in [3.8, 4) is 5.75 Å². The SMILES string of the molecule is CC(C)(C)c1cccc(N=Nc2c3c(cc4c2CCCC4)CCCC3)c1O. The van der Waals surface area contributed by atoms with E-state index in [0.29, 0.717) is 5.69 Å². The van der Waals surface area contributed by atoms with Crippen LogP contribution in [0.5, 0.6) is 5.75 Å². The Bertz CT molecular complexity index is 856. The number of nitrogens with zero attached hydrogens (tertiary/aromatic N) is 2. The predicted octanol–water partition coefficient (Wildman–Crippen LogP) is 6.86. The van der Waals surface area contributed by atoms with E-state index in [-0.39, 0.29) is 11.2 Å². The molecule has 0 fully saturated rings. The summed E-state index contributed by atoms with van der Waals surface area (Å²) in [5.74, 6) is 0.257. The maximum atomic E-state index is 10.7. The number of aryl methyl sites for hydroxylation is 2. The average Bonchev–Trinajstić information content (AvgIpc) is 2.65. The van der Waals surface area contributed by atoms with Crippen LogP contribution in [0.1, 0.15) is 74.3 Å². The maximum absolute atomic E-state index is 10.7. The Morgan fingerprint density at radius 1 is 0.815 bits per heavy atom. The lowest BCUT2D eigenvalue weighted by Crippen LogP contribution is -2.11. The van der Waals surface area contributed by atoms with E-state index in [9.17, 15) is 5.11 Å². The molecule has 27 heavy (non-hydrogen) atoms. The van der Waals surface area contributed by atoms with Gasteiger partial charge in [0.25, 0.3) is 0 Å². The molecule has 0 bridgehead atoms. The van der Waals surface area contributed by atoms with Gasteiger partial charge in [-0.15, -0.1) is 10.2 Å². The largest absolute Gasteiger partial charge is 0.505 e. The molecule has 0 atom stereocenters. The standard InChI is InChI=1S/C24H30N2O/c1-24(2,3)20-13-8-14-21(23(20)27)25-26-22-18-11-6-4-9-16(18)15-17-10-5-7-12-19(17)22/h8,13-15,27H,4-7,9-12H2,1-3H3. The predicted molar refractivity (Wildman–Crippen MR) is 111 cm³/mol. The van der Waals surface area contributed by atoms with Crippen molar-refractivity contribution in [1.82, 2.24) is 0 Å². The lowest BCUT2D eigenvalue weighted by atomic mass is 9.82. The third kappa shape index (κ3) is 3.52. The molecule has 0 amide bonds. The minimum Gasteiger partial charge on any atom is -0.505 e. The first kappa shape index (κ1) is 18.2. The number of rotatable bonds is 2. The maximum Gasteiger partial charge on any atom is 0.146 e. The van der Waals surface area contributed by atoms with Crippen LogP contribution in [0.4, 0.5) is 11.4 Å². The zero-order valence-corrected chi connectivity index (χ0v) is 16.8. The second-order valence-corrected chi connectivity index (χ2v) is 9.04. The Labute approximate surface area is 162 Å². The topological polar surface area (TPSA) is 45.0 Å². The molecule has 0 saturated heterocycles. The van der Waals surface area contributed by atoms with Gasteiger partial charge in [-0.25, -0.2) is 0 Å². The summed E-state index contributed by atoms with van der Waals surface area (Å²) in [6.45, 7) is 6.31. The Morgan fingerprint density at radius 3 is 2.00 bits per heavy atom. The molecule has 0 saturated carbocycles. The molecule has 3 nitrogen and oxygen atoms in total. The van der Waals surface area contributed by atoms with Crippen LogP contribution in [0.2, 0.25) is 0 Å². The summed E-state index contributed by atoms with van der Waals surface area (Å²) in [6.07, 6.45) is 9.55. The zero-order valence-electron chi connectivity index (χ0n) is 16.8. The highest BCUT2D eigenvalue weighted by molar-refractivity contribution is 5.62. The summed E-state index contributed by atoms with van der Waals surface area (Å²) < 4.78 is 0. The molecular formula is C24H30N2O. The third-order valence-corrected chi connectivity index (χ3v) is 6.02. The van der Waals surface area contributed by atoms with Gasteiger partial charge in [0.1, 0.15) is 11.4 Å². The van der Waals surface area contributed by atoms with Gasteiger partial charge in [-0.3, -0.25) is 0 Å². The van der Waals surface area contributed by atoms with Crippen LogP contribution in [-0.4, -0.2) is 5.11 Å². The Morgan fingerprint density at radius 2 is 1.41 bits per heavy atom. The van der Waals surface area contributed by atoms with Crippen LogP contribution in [0.3, 0.4) is 0 Å². The lowest BCUT2D eigenvalue weighted by Gasteiger charge is -2.25. The van der Waals surface area contributed by atoms with Gasteiger partial charge in [0.05, 0.1) is 5.69 Å². The molecule has 0 heterocycles. The number of phenols is 1. The van der Waals surface area contributed by atoms with Crippen LogP contribution in [0, 0.1) is 0 Å². The normalized spacial score (nSPS) is 17.0. The number of azo groups is 1. The molecule has 3 heteroatoms. The van der Waals surface area contributed by atoms with Crippen molar-refractivity contribution in [2.45, 2.75) is 77.6 Å². The quantitative estimate of drug-likeness (QED) is 0.582. The second-order valence-electron chi connectivity index (χ2n) is 9.04. The molecule has 142 valence electrons. The summed E-state index contributed by atoms with van der Waals surface area (Å²) in [4.78, 5) is 0. The molecule has 0 radical (unpaired) electrons.